The summed E-state index contributed by atoms with van der Waals surface area (Å²) >= 11 is 0. The van der Waals surface area contributed by atoms with Gasteiger partial charge in [0.1, 0.15) is 40.7 Å². The molecule has 2 aromatic carbocycles. The van der Waals surface area contributed by atoms with Crippen LogP contribution in [-0.2, 0) is 13.1 Å². The molecule has 12 heteroatoms. The van der Waals surface area contributed by atoms with E-state index in [1.807, 2.05) is 67.8 Å². The highest BCUT2D eigenvalue weighted by atomic mass is 16.5. The third-order valence-corrected chi connectivity index (χ3v) is 8.48. The smallest absolute Gasteiger partial charge is 0.139 e. The molecule has 0 aliphatic heterocycles. The zero-order valence-corrected chi connectivity index (χ0v) is 28.8. The number of nitriles is 1. The average molecular weight is 671 g/mol. The van der Waals surface area contributed by atoms with Crippen LogP contribution in [0.25, 0.3) is 22.0 Å². The highest BCUT2D eigenvalue weighted by Gasteiger charge is 2.21. The summed E-state index contributed by atoms with van der Waals surface area (Å²) in [4.78, 5) is 16.7. The number of ether oxygens (including phenoxy) is 4. The number of aromatic nitrogens is 5. The molecule has 1 atom stereocenters. The minimum Gasteiger partial charge on any atom is -0.497 e. The van der Waals surface area contributed by atoms with Gasteiger partial charge in [-0.25, -0.2) is 9.97 Å². The number of fused-ring (bicyclic) bond motifs is 1. The van der Waals surface area contributed by atoms with E-state index in [1.54, 1.807) is 58.6 Å². The second-order valence-corrected chi connectivity index (χ2v) is 11.7. The molecule has 0 bridgehead atoms. The van der Waals surface area contributed by atoms with Crippen molar-refractivity contribution in [2.45, 2.75) is 33.0 Å². The van der Waals surface area contributed by atoms with Gasteiger partial charge in [-0.1, -0.05) is 0 Å². The Kier molecular flexibility index (Phi) is 9.95. The summed E-state index contributed by atoms with van der Waals surface area (Å²) in [7, 11) is 6.57. The van der Waals surface area contributed by atoms with E-state index in [2.05, 4.69) is 32.4 Å². The maximum atomic E-state index is 9.32. The van der Waals surface area contributed by atoms with Gasteiger partial charge < -0.3 is 29.2 Å². The Bertz CT molecular complexity index is 2120. The molecule has 6 rings (SSSR count). The number of hydrogen-bond donors (Lipinski definition) is 1. The van der Waals surface area contributed by atoms with Crippen molar-refractivity contribution in [3.8, 4) is 40.3 Å². The first-order valence-electron chi connectivity index (χ1n) is 15.9. The fraction of sp³-hybridized carbons (Fsp3) is 0.237. The molecule has 0 fully saturated rings. The van der Waals surface area contributed by atoms with E-state index in [0.717, 1.165) is 44.4 Å². The fourth-order valence-corrected chi connectivity index (χ4v) is 5.71. The van der Waals surface area contributed by atoms with Crippen LogP contribution in [0.1, 0.15) is 29.7 Å². The van der Waals surface area contributed by atoms with E-state index in [4.69, 9.17) is 28.9 Å². The van der Waals surface area contributed by atoms with Gasteiger partial charge in [0, 0.05) is 72.1 Å². The average Bonchev–Trinajstić information content (AvgIpc) is 3.62. The molecule has 12 nitrogen and oxygen atoms in total. The zero-order valence-electron chi connectivity index (χ0n) is 28.8. The van der Waals surface area contributed by atoms with Gasteiger partial charge in [0.15, 0.2) is 0 Å². The zero-order chi connectivity index (χ0) is 35.2. The van der Waals surface area contributed by atoms with Crippen LogP contribution in [-0.4, -0.2) is 53.2 Å². The Balaban J connectivity index is 1.52. The topological polar surface area (TPSA) is 132 Å². The number of methoxy groups -OCH3 is 4. The minimum absolute atomic E-state index is 0.395. The highest BCUT2D eigenvalue weighted by Crippen LogP contribution is 2.37. The minimum atomic E-state index is -0.395. The number of nitrogens with one attached hydrogen (secondary N) is 1. The Hall–Kier alpha value is -6.35. The van der Waals surface area contributed by atoms with E-state index < -0.39 is 6.04 Å². The molecular weight excluding hydrogens is 632 g/mol. The molecule has 50 heavy (non-hydrogen) atoms. The van der Waals surface area contributed by atoms with Gasteiger partial charge in [-0.2, -0.15) is 10.4 Å². The molecule has 0 aliphatic rings. The van der Waals surface area contributed by atoms with Crippen LogP contribution in [0.15, 0.2) is 85.6 Å². The summed E-state index contributed by atoms with van der Waals surface area (Å²) in [6.07, 6.45) is 8.90. The number of nitrogens with zero attached hydrogens (tertiary/aromatic N) is 7. The molecule has 0 saturated carbocycles. The van der Waals surface area contributed by atoms with E-state index in [1.165, 1.54) is 0 Å². The van der Waals surface area contributed by atoms with Crippen molar-refractivity contribution < 1.29 is 18.9 Å². The fourth-order valence-electron chi connectivity index (χ4n) is 5.71. The van der Waals surface area contributed by atoms with Crippen LogP contribution in [0.2, 0.25) is 0 Å². The lowest BCUT2D eigenvalue weighted by atomic mass is 10.0. The first kappa shape index (κ1) is 33.5. The molecule has 4 heterocycles. The Morgan fingerprint density at radius 1 is 0.860 bits per heavy atom. The summed E-state index contributed by atoms with van der Waals surface area (Å²) < 4.78 is 24.2. The quantitative estimate of drug-likeness (QED) is 0.133. The highest BCUT2D eigenvalue weighted by molar-refractivity contribution is 5.96. The molecule has 0 radical (unpaired) electrons. The third kappa shape index (κ3) is 7.07. The van der Waals surface area contributed by atoms with Crippen molar-refractivity contribution in [2.24, 2.45) is 0 Å². The molecular formula is C38H38N8O4. The van der Waals surface area contributed by atoms with E-state index in [9.17, 15) is 5.26 Å². The van der Waals surface area contributed by atoms with Crippen molar-refractivity contribution in [3.05, 3.63) is 102 Å². The van der Waals surface area contributed by atoms with Crippen molar-refractivity contribution in [2.75, 3.05) is 38.7 Å². The summed E-state index contributed by atoms with van der Waals surface area (Å²) in [6, 6.07) is 19.4. The third-order valence-electron chi connectivity index (χ3n) is 8.48. The maximum absolute atomic E-state index is 9.32. The number of hydrogen-bond acceptors (Lipinski definition) is 11. The van der Waals surface area contributed by atoms with Gasteiger partial charge in [-0.3, -0.25) is 9.67 Å². The van der Waals surface area contributed by atoms with Crippen LogP contribution in [0.3, 0.4) is 0 Å². The molecule has 0 aliphatic carbocycles. The Morgan fingerprint density at radius 2 is 1.54 bits per heavy atom. The predicted octanol–water partition coefficient (Wildman–Crippen LogP) is 7.27. The van der Waals surface area contributed by atoms with Crippen molar-refractivity contribution in [1.29, 1.82) is 5.26 Å². The molecule has 254 valence electrons. The molecule has 4 aromatic heterocycles. The summed E-state index contributed by atoms with van der Waals surface area (Å²) in [6.45, 7) is 4.72. The van der Waals surface area contributed by atoms with Gasteiger partial charge in [-0.05, 0) is 67.3 Å². The van der Waals surface area contributed by atoms with E-state index in [-0.39, 0.29) is 0 Å². The lowest BCUT2D eigenvalue weighted by Crippen LogP contribution is -2.24. The number of pyridine rings is 3. The van der Waals surface area contributed by atoms with E-state index >= 15 is 0 Å². The second-order valence-electron chi connectivity index (χ2n) is 11.7. The molecule has 1 N–H and O–H groups in total. The standard InChI is InChI=1S/C38H38N8O4/c1-24-11-12-40-19-32(24)34-13-28-14-37(43-29-18-42-46(23-29)25(2)17-39)41-20-33(28)38(44-34)45(21-26-7-9-30(47-3)15-35(26)49-5)22-27-8-10-31(48-4)16-36(27)50-6/h7-16,18-20,23,25H,21-22H2,1-6H3,(H,41,43). The summed E-state index contributed by atoms with van der Waals surface area (Å²) in [5.41, 5.74) is 5.32. The lowest BCUT2D eigenvalue weighted by Gasteiger charge is -2.28. The monoisotopic (exact) mass is 670 g/mol. The number of aryl methyl sites for hydroxylation is 1. The van der Waals surface area contributed by atoms with Crippen LogP contribution in [0.4, 0.5) is 17.3 Å². The van der Waals surface area contributed by atoms with Gasteiger partial charge >= 0.3 is 0 Å². The van der Waals surface area contributed by atoms with Crippen molar-refractivity contribution >= 4 is 28.1 Å². The second kappa shape index (κ2) is 14.8. The van der Waals surface area contributed by atoms with Gasteiger partial charge in [-0.15, -0.1) is 0 Å². The molecule has 0 amide bonds. The van der Waals surface area contributed by atoms with E-state index in [0.29, 0.717) is 47.7 Å². The van der Waals surface area contributed by atoms with Crippen LogP contribution >= 0.6 is 0 Å². The molecule has 0 spiro atoms. The van der Waals surface area contributed by atoms with Crippen LogP contribution < -0.4 is 29.2 Å². The van der Waals surface area contributed by atoms with Crippen molar-refractivity contribution in [1.82, 2.24) is 24.7 Å². The number of rotatable bonds is 13. The molecule has 6 aromatic rings. The number of benzene rings is 2. The van der Waals surface area contributed by atoms with Crippen LogP contribution in [0, 0.1) is 18.3 Å². The number of anilines is 3. The van der Waals surface area contributed by atoms with Gasteiger partial charge in [0.05, 0.1) is 52.1 Å². The molecule has 0 saturated heterocycles. The SMILES string of the molecule is COc1ccc(CN(Cc2ccc(OC)cc2OC)c2nc(-c3cnccc3C)cc3cc(Nc4cnn(C(C)C#N)c4)ncc23)c(OC)c1. The predicted molar refractivity (Wildman–Crippen MR) is 192 cm³/mol. The lowest BCUT2D eigenvalue weighted by molar-refractivity contribution is 0.389. The summed E-state index contributed by atoms with van der Waals surface area (Å²) in [5.74, 6) is 4.11. The summed E-state index contributed by atoms with van der Waals surface area (Å²) in [5, 5.41) is 18.7. The van der Waals surface area contributed by atoms with Gasteiger partial charge in [0.2, 0.25) is 0 Å². The van der Waals surface area contributed by atoms with Crippen LogP contribution in [0.5, 0.6) is 23.0 Å². The Labute approximate surface area is 290 Å². The normalized spacial score (nSPS) is 11.5. The van der Waals surface area contributed by atoms with Crippen molar-refractivity contribution in [3.63, 3.8) is 0 Å². The molecule has 1 unspecified atom stereocenters. The Morgan fingerprint density at radius 3 is 2.14 bits per heavy atom. The largest absolute Gasteiger partial charge is 0.497 e. The first-order valence-corrected chi connectivity index (χ1v) is 15.9. The maximum Gasteiger partial charge on any atom is 0.139 e. The first-order chi connectivity index (χ1) is 24.3. The van der Waals surface area contributed by atoms with Gasteiger partial charge in [0.25, 0.3) is 0 Å².